The highest BCUT2D eigenvalue weighted by molar-refractivity contribution is 5.28. The Morgan fingerprint density at radius 3 is 2.41 bits per heavy atom. The van der Waals surface area contributed by atoms with Crippen LogP contribution in [0, 0.1) is 52.3 Å². The van der Waals surface area contributed by atoms with Gasteiger partial charge in [-0.05, 0) is 104 Å². The molecule has 1 unspecified atom stereocenters. The normalized spacial score (nSPS) is 46.6. The zero-order chi connectivity index (χ0) is 23.4. The molecule has 4 aliphatic carbocycles. The molecular formula is C29H50O3. The first-order chi connectivity index (χ1) is 15.0. The fraction of sp³-hybridized carbons (Fsp3) is 0.931. The van der Waals surface area contributed by atoms with Crippen LogP contribution in [0.1, 0.15) is 92.9 Å². The number of aliphatic hydroxyl groups is 2. The molecule has 0 saturated heterocycles. The Balaban J connectivity index is 1.58. The van der Waals surface area contributed by atoms with Crippen LogP contribution >= 0.6 is 0 Å². The molecule has 32 heavy (non-hydrogen) atoms. The second kappa shape index (κ2) is 9.00. The number of aliphatic hydroxyl groups excluding tert-OH is 2. The van der Waals surface area contributed by atoms with Crippen molar-refractivity contribution in [1.82, 2.24) is 0 Å². The number of fused-ring (bicyclic) bond motifs is 5. The third kappa shape index (κ3) is 3.93. The quantitative estimate of drug-likeness (QED) is 0.475. The summed E-state index contributed by atoms with van der Waals surface area (Å²) in [6, 6.07) is 0. The molecule has 11 atom stereocenters. The predicted octanol–water partition coefficient (Wildman–Crippen LogP) is 6.23. The fourth-order valence-corrected chi connectivity index (χ4v) is 8.87. The van der Waals surface area contributed by atoms with Crippen LogP contribution in [0.15, 0.2) is 11.6 Å². The molecule has 0 heterocycles. The summed E-state index contributed by atoms with van der Waals surface area (Å²) in [5.74, 6) is 4.07. The number of hydrogen-bond donors (Lipinski definition) is 2. The van der Waals surface area contributed by atoms with Crippen molar-refractivity contribution in [2.24, 2.45) is 52.3 Å². The van der Waals surface area contributed by atoms with Crippen LogP contribution in [-0.4, -0.2) is 35.6 Å². The van der Waals surface area contributed by atoms with Crippen molar-refractivity contribution in [3.05, 3.63) is 11.6 Å². The number of hydrogen-bond acceptors (Lipinski definition) is 3. The number of methoxy groups -OCH3 is 1. The van der Waals surface area contributed by atoms with Crippen LogP contribution in [0.3, 0.4) is 0 Å². The van der Waals surface area contributed by atoms with Gasteiger partial charge in [-0.1, -0.05) is 53.2 Å². The summed E-state index contributed by atoms with van der Waals surface area (Å²) in [5.41, 5.74) is 2.00. The highest BCUT2D eigenvalue weighted by atomic mass is 16.5. The predicted molar refractivity (Wildman–Crippen MR) is 131 cm³/mol. The minimum atomic E-state index is -0.195. The summed E-state index contributed by atoms with van der Waals surface area (Å²) in [6.45, 7) is 14.2. The minimum Gasteiger partial charge on any atom is -0.393 e. The minimum absolute atomic E-state index is 0.177. The van der Waals surface area contributed by atoms with E-state index >= 15 is 0 Å². The zero-order valence-corrected chi connectivity index (χ0v) is 21.8. The van der Waals surface area contributed by atoms with Crippen molar-refractivity contribution in [2.45, 2.75) is 111 Å². The second-order valence-electron chi connectivity index (χ2n) is 13.1. The monoisotopic (exact) mass is 446 g/mol. The molecule has 0 aromatic heterocycles. The SMILES string of the molecule is CO[C@H]1C=C2C[C@@H](O)CC[C@]2(C)[C@H]2CC[C@]3(C)C([C@H](C)[C@H](O)C[C@@H](C)C(C)C)CC[C@H]3[C@H]12. The average Bonchev–Trinajstić information content (AvgIpc) is 3.10. The van der Waals surface area contributed by atoms with Gasteiger partial charge >= 0.3 is 0 Å². The van der Waals surface area contributed by atoms with E-state index in [2.05, 4.69) is 47.6 Å². The lowest BCUT2D eigenvalue weighted by molar-refractivity contribution is -0.111. The summed E-state index contributed by atoms with van der Waals surface area (Å²) in [7, 11) is 1.89. The number of rotatable bonds is 6. The lowest BCUT2D eigenvalue weighted by Gasteiger charge is -2.60. The largest absolute Gasteiger partial charge is 0.393 e. The Labute approximate surface area is 197 Å². The van der Waals surface area contributed by atoms with Gasteiger partial charge in [-0.15, -0.1) is 0 Å². The van der Waals surface area contributed by atoms with Crippen LogP contribution in [0.5, 0.6) is 0 Å². The van der Waals surface area contributed by atoms with E-state index in [1.807, 2.05) is 7.11 Å². The average molecular weight is 447 g/mol. The Morgan fingerprint density at radius 1 is 1.03 bits per heavy atom. The first-order valence-electron chi connectivity index (χ1n) is 13.6. The van der Waals surface area contributed by atoms with Crippen LogP contribution < -0.4 is 0 Å². The molecule has 0 bridgehead atoms. The molecule has 0 aliphatic heterocycles. The van der Waals surface area contributed by atoms with E-state index < -0.39 is 0 Å². The van der Waals surface area contributed by atoms with E-state index in [9.17, 15) is 10.2 Å². The summed E-state index contributed by atoms with van der Waals surface area (Å²) < 4.78 is 6.16. The molecule has 0 aromatic rings. The van der Waals surface area contributed by atoms with E-state index in [-0.39, 0.29) is 23.7 Å². The van der Waals surface area contributed by atoms with E-state index in [1.54, 1.807) is 0 Å². The molecule has 4 rings (SSSR count). The van der Waals surface area contributed by atoms with Gasteiger partial charge < -0.3 is 14.9 Å². The molecule has 0 spiro atoms. The van der Waals surface area contributed by atoms with Crippen molar-refractivity contribution in [3.63, 3.8) is 0 Å². The third-order valence-corrected chi connectivity index (χ3v) is 11.4. The van der Waals surface area contributed by atoms with Gasteiger partial charge in [-0.2, -0.15) is 0 Å². The number of ether oxygens (including phenoxy) is 1. The zero-order valence-electron chi connectivity index (χ0n) is 21.8. The molecule has 2 N–H and O–H groups in total. The van der Waals surface area contributed by atoms with E-state index in [1.165, 1.54) is 31.3 Å². The van der Waals surface area contributed by atoms with E-state index in [4.69, 9.17) is 4.74 Å². The van der Waals surface area contributed by atoms with Crippen molar-refractivity contribution >= 4 is 0 Å². The Bertz CT molecular complexity index is 701. The molecule has 3 nitrogen and oxygen atoms in total. The van der Waals surface area contributed by atoms with Crippen molar-refractivity contribution < 1.29 is 14.9 Å². The third-order valence-electron chi connectivity index (χ3n) is 11.4. The molecule has 4 aliphatic rings. The maximum absolute atomic E-state index is 11.2. The Morgan fingerprint density at radius 2 is 1.75 bits per heavy atom. The van der Waals surface area contributed by atoms with Crippen LogP contribution in [0.2, 0.25) is 0 Å². The summed E-state index contributed by atoms with van der Waals surface area (Å²) in [4.78, 5) is 0. The highest BCUT2D eigenvalue weighted by Crippen LogP contribution is 2.67. The second-order valence-corrected chi connectivity index (χ2v) is 13.1. The lowest BCUT2D eigenvalue weighted by Crippen LogP contribution is -2.55. The molecule has 3 saturated carbocycles. The lowest BCUT2D eigenvalue weighted by atomic mass is 9.46. The molecule has 0 radical (unpaired) electrons. The molecule has 0 aromatic carbocycles. The van der Waals surface area contributed by atoms with Crippen LogP contribution in [-0.2, 0) is 4.74 Å². The van der Waals surface area contributed by atoms with Crippen LogP contribution in [0.4, 0.5) is 0 Å². The highest BCUT2D eigenvalue weighted by Gasteiger charge is 2.61. The van der Waals surface area contributed by atoms with Gasteiger partial charge in [0.1, 0.15) is 0 Å². The molecule has 184 valence electrons. The maximum Gasteiger partial charge on any atom is 0.0788 e. The van der Waals surface area contributed by atoms with Gasteiger partial charge in [0.05, 0.1) is 18.3 Å². The van der Waals surface area contributed by atoms with Crippen molar-refractivity contribution in [2.75, 3.05) is 7.11 Å². The maximum atomic E-state index is 11.2. The fourth-order valence-electron chi connectivity index (χ4n) is 8.87. The topological polar surface area (TPSA) is 49.7 Å². The van der Waals surface area contributed by atoms with Gasteiger partial charge in [0.15, 0.2) is 0 Å². The van der Waals surface area contributed by atoms with E-state index in [0.29, 0.717) is 46.8 Å². The Hall–Kier alpha value is -0.380. The smallest absolute Gasteiger partial charge is 0.0788 e. The van der Waals surface area contributed by atoms with Gasteiger partial charge in [0.2, 0.25) is 0 Å². The van der Waals surface area contributed by atoms with Gasteiger partial charge in [0, 0.05) is 7.11 Å². The standard InChI is InChI=1S/C29H50O3/c1-17(2)18(3)14-25(31)19(4)22-8-9-23-27-24(11-13-29(22,23)6)28(5)12-10-21(30)15-20(28)16-26(27)32-7/h16-19,21-27,30-31H,8-15H2,1-7H3/t18-,19+,21+,22?,23+,24+,25-,26+,27+,28+,29-/m1/s1. The Kier molecular flexibility index (Phi) is 6.96. The van der Waals surface area contributed by atoms with Gasteiger partial charge in [0.25, 0.3) is 0 Å². The van der Waals surface area contributed by atoms with Gasteiger partial charge in [-0.25, -0.2) is 0 Å². The molecular weight excluding hydrogens is 396 g/mol. The summed E-state index contributed by atoms with van der Waals surface area (Å²) in [5, 5.41) is 21.5. The van der Waals surface area contributed by atoms with E-state index in [0.717, 1.165) is 25.7 Å². The first-order valence-corrected chi connectivity index (χ1v) is 13.6. The van der Waals surface area contributed by atoms with Gasteiger partial charge in [-0.3, -0.25) is 0 Å². The summed E-state index contributed by atoms with van der Waals surface area (Å²) in [6.07, 6.45) is 11.1. The summed E-state index contributed by atoms with van der Waals surface area (Å²) >= 11 is 0. The molecule has 3 heteroatoms. The first kappa shape index (κ1) is 24.7. The van der Waals surface area contributed by atoms with Crippen LogP contribution in [0.25, 0.3) is 0 Å². The molecule has 0 amide bonds. The van der Waals surface area contributed by atoms with Crippen molar-refractivity contribution in [3.8, 4) is 0 Å². The molecule has 3 fully saturated rings. The van der Waals surface area contributed by atoms with Crippen molar-refractivity contribution in [1.29, 1.82) is 0 Å².